The standard InChI is InChI=1S/C27H28N2O5/c1-18-14-24(34-17-21-9-6-7-13-28-21)19(2)27(32)22(18)16-29-26(31)10-5-4-8-20-11-12-23(30)25(15-20)33-3/h4-15,30,32H,16-17H2,1-3H3,(H,29,31). The number of nitrogens with one attached hydrogen (secondary N) is 1. The second kappa shape index (κ2) is 11.6. The molecule has 0 spiro atoms. The van der Waals surface area contributed by atoms with E-state index in [1.165, 1.54) is 13.2 Å². The largest absolute Gasteiger partial charge is 0.507 e. The molecule has 0 atom stereocenters. The van der Waals surface area contributed by atoms with Crippen LogP contribution in [0.3, 0.4) is 0 Å². The maximum atomic E-state index is 12.2. The number of amides is 1. The number of hydrogen-bond acceptors (Lipinski definition) is 6. The maximum Gasteiger partial charge on any atom is 0.244 e. The van der Waals surface area contributed by atoms with Gasteiger partial charge in [-0.2, -0.15) is 0 Å². The first-order chi connectivity index (χ1) is 16.4. The fourth-order valence-corrected chi connectivity index (χ4v) is 3.27. The molecule has 1 heterocycles. The van der Waals surface area contributed by atoms with Gasteiger partial charge in [0, 0.05) is 29.9 Å². The highest BCUT2D eigenvalue weighted by Gasteiger charge is 2.14. The first kappa shape index (κ1) is 24.4. The van der Waals surface area contributed by atoms with Crippen LogP contribution in [0.2, 0.25) is 0 Å². The van der Waals surface area contributed by atoms with Crippen LogP contribution < -0.4 is 14.8 Å². The third kappa shape index (κ3) is 6.38. The van der Waals surface area contributed by atoms with Crippen molar-refractivity contribution in [1.82, 2.24) is 10.3 Å². The lowest BCUT2D eigenvalue weighted by atomic mass is 10.0. The van der Waals surface area contributed by atoms with Gasteiger partial charge in [0.2, 0.25) is 5.91 Å². The Morgan fingerprint density at radius 2 is 1.91 bits per heavy atom. The van der Waals surface area contributed by atoms with Crippen LogP contribution in [0.15, 0.2) is 66.9 Å². The zero-order chi connectivity index (χ0) is 24.5. The molecule has 1 aromatic heterocycles. The normalized spacial score (nSPS) is 11.1. The Labute approximate surface area is 199 Å². The lowest BCUT2D eigenvalue weighted by Gasteiger charge is -2.16. The topological polar surface area (TPSA) is 101 Å². The van der Waals surface area contributed by atoms with Gasteiger partial charge in [0.05, 0.1) is 12.8 Å². The highest BCUT2D eigenvalue weighted by molar-refractivity contribution is 5.88. The van der Waals surface area contributed by atoms with Crippen molar-refractivity contribution in [1.29, 1.82) is 0 Å². The molecule has 176 valence electrons. The van der Waals surface area contributed by atoms with Gasteiger partial charge in [-0.25, -0.2) is 0 Å². The summed E-state index contributed by atoms with van der Waals surface area (Å²) in [6, 6.07) is 12.4. The van der Waals surface area contributed by atoms with Gasteiger partial charge >= 0.3 is 0 Å². The van der Waals surface area contributed by atoms with E-state index in [1.54, 1.807) is 49.5 Å². The highest BCUT2D eigenvalue weighted by Crippen LogP contribution is 2.34. The number of aromatic nitrogens is 1. The van der Waals surface area contributed by atoms with Crippen molar-refractivity contribution >= 4 is 12.0 Å². The van der Waals surface area contributed by atoms with Crippen molar-refractivity contribution in [2.75, 3.05) is 7.11 Å². The Morgan fingerprint density at radius 3 is 2.65 bits per heavy atom. The monoisotopic (exact) mass is 460 g/mol. The first-order valence-corrected chi connectivity index (χ1v) is 10.7. The average Bonchev–Trinajstić information content (AvgIpc) is 2.84. The van der Waals surface area contributed by atoms with E-state index in [4.69, 9.17) is 9.47 Å². The fourth-order valence-electron chi connectivity index (χ4n) is 3.27. The molecule has 1 amide bonds. The minimum atomic E-state index is -0.292. The third-order valence-corrected chi connectivity index (χ3v) is 5.23. The summed E-state index contributed by atoms with van der Waals surface area (Å²) < 4.78 is 10.9. The lowest BCUT2D eigenvalue weighted by molar-refractivity contribution is -0.116. The van der Waals surface area contributed by atoms with Gasteiger partial charge in [-0.1, -0.05) is 30.4 Å². The average molecular weight is 461 g/mol. The molecule has 3 aromatic rings. The zero-order valence-electron chi connectivity index (χ0n) is 19.4. The van der Waals surface area contributed by atoms with Gasteiger partial charge in [0.25, 0.3) is 0 Å². The number of methoxy groups -OCH3 is 1. The SMILES string of the molecule is COc1cc(C=CC=CC(=O)NCc2c(C)cc(OCc3ccccn3)c(C)c2O)ccc1O. The molecule has 3 N–H and O–H groups in total. The van der Waals surface area contributed by atoms with E-state index in [2.05, 4.69) is 10.3 Å². The van der Waals surface area contributed by atoms with Gasteiger partial charge in [-0.05, 0) is 55.3 Å². The van der Waals surface area contributed by atoms with Crippen molar-refractivity contribution in [3.63, 3.8) is 0 Å². The quantitative estimate of drug-likeness (QED) is 0.319. The van der Waals surface area contributed by atoms with Crippen LogP contribution in [0.1, 0.15) is 27.9 Å². The summed E-state index contributed by atoms with van der Waals surface area (Å²) in [6.07, 6.45) is 8.22. The molecule has 0 fully saturated rings. The minimum absolute atomic E-state index is 0.0659. The van der Waals surface area contributed by atoms with Crippen LogP contribution in [0.4, 0.5) is 0 Å². The molecular weight excluding hydrogens is 432 g/mol. The third-order valence-electron chi connectivity index (χ3n) is 5.23. The summed E-state index contributed by atoms with van der Waals surface area (Å²) >= 11 is 0. The summed E-state index contributed by atoms with van der Waals surface area (Å²) in [4.78, 5) is 16.4. The fraction of sp³-hybridized carbons (Fsp3) is 0.185. The van der Waals surface area contributed by atoms with Crippen molar-refractivity contribution in [3.05, 3.63) is 94.8 Å². The Balaban J connectivity index is 1.57. The van der Waals surface area contributed by atoms with Gasteiger partial charge in [0.15, 0.2) is 11.5 Å². The molecule has 0 aliphatic rings. The summed E-state index contributed by atoms with van der Waals surface area (Å²) in [5, 5.41) is 23.1. The van der Waals surface area contributed by atoms with Crippen LogP contribution in [-0.2, 0) is 17.9 Å². The highest BCUT2D eigenvalue weighted by atomic mass is 16.5. The van der Waals surface area contributed by atoms with Gasteiger partial charge in [-0.3, -0.25) is 9.78 Å². The number of ether oxygens (including phenoxy) is 2. The van der Waals surface area contributed by atoms with E-state index in [0.29, 0.717) is 29.2 Å². The van der Waals surface area contributed by atoms with E-state index in [0.717, 1.165) is 16.8 Å². The second-order valence-corrected chi connectivity index (χ2v) is 7.62. The number of phenols is 2. The molecule has 3 rings (SSSR count). The number of benzene rings is 2. The molecule has 7 nitrogen and oxygen atoms in total. The number of pyridine rings is 1. The van der Waals surface area contributed by atoms with Crippen LogP contribution in [0.25, 0.3) is 6.08 Å². The number of aromatic hydroxyl groups is 2. The van der Waals surface area contributed by atoms with E-state index in [9.17, 15) is 15.0 Å². The predicted octanol–water partition coefficient (Wildman–Crippen LogP) is 4.58. The number of aryl methyl sites for hydroxylation is 1. The molecule has 2 aromatic carbocycles. The summed E-state index contributed by atoms with van der Waals surface area (Å²) in [5.74, 6) is 0.826. The molecule has 7 heteroatoms. The van der Waals surface area contributed by atoms with E-state index < -0.39 is 0 Å². The van der Waals surface area contributed by atoms with Crippen LogP contribution >= 0.6 is 0 Å². The molecule has 0 unspecified atom stereocenters. The Bertz CT molecular complexity index is 1200. The lowest BCUT2D eigenvalue weighted by Crippen LogP contribution is -2.21. The molecule has 34 heavy (non-hydrogen) atoms. The molecular formula is C27H28N2O5. The summed E-state index contributed by atoms with van der Waals surface area (Å²) in [5.41, 5.74) is 3.66. The van der Waals surface area contributed by atoms with Crippen LogP contribution in [-0.4, -0.2) is 28.2 Å². The Morgan fingerprint density at radius 1 is 1.09 bits per heavy atom. The Kier molecular flexibility index (Phi) is 8.29. The summed E-state index contributed by atoms with van der Waals surface area (Å²) in [6.45, 7) is 4.11. The molecule has 0 aliphatic heterocycles. The van der Waals surface area contributed by atoms with Gasteiger partial charge in [0.1, 0.15) is 18.1 Å². The van der Waals surface area contributed by atoms with Crippen LogP contribution in [0.5, 0.6) is 23.0 Å². The van der Waals surface area contributed by atoms with Gasteiger partial charge in [-0.15, -0.1) is 0 Å². The number of allylic oxidation sites excluding steroid dienone is 2. The number of carbonyl (C=O) groups is 1. The smallest absolute Gasteiger partial charge is 0.244 e. The van der Waals surface area contributed by atoms with Crippen LogP contribution in [0, 0.1) is 13.8 Å². The molecule has 0 bridgehead atoms. The number of hydrogen-bond donors (Lipinski definition) is 3. The van der Waals surface area contributed by atoms with Crippen molar-refractivity contribution in [3.8, 4) is 23.0 Å². The predicted molar refractivity (Wildman–Crippen MR) is 131 cm³/mol. The van der Waals surface area contributed by atoms with E-state index in [1.807, 2.05) is 31.2 Å². The van der Waals surface area contributed by atoms with E-state index >= 15 is 0 Å². The molecule has 0 saturated carbocycles. The molecule has 0 aliphatic carbocycles. The zero-order valence-corrected chi connectivity index (χ0v) is 19.4. The Hall–Kier alpha value is -4.26. The van der Waals surface area contributed by atoms with Crippen molar-refractivity contribution in [2.45, 2.75) is 27.0 Å². The number of rotatable bonds is 9. The summed E-state index contributed by atoms with van der Waals surface area (Å²) in [7, 11) is 1.48. The minimum Gasteiger partial charge on any atom is -0.507 e. The first-order valence-electron chi connectivity index (χ1n) is 10.7. The molecule has 0 saturated heterocycles. The van der Waals surface area contributed by atoms with E-state index in [-0.39, 0.29) is 24.0 Å². The van der Waals surface area contributed by atoms with Crippen molar-refractivity contribution < 1.29 is 24.5 Å². The molecule has 0 radical (unpaired) electrons. The van der Waals surface area contributed by atoms with Gasteiger partial charge < -0.3 is 25.0 Å². The number of carbonyl (C=O) groups excluding carboxylic acids is 1. The van der Waals surface area contributed by atoms with Crippen molar-refractivity contribution in [2.24, 2.45) is 0 Å². The number of phenolic OH excluding ortho intramolecular Hbond substituents is 2. The maximum absolute atomic E-state index is 12.2. The number of nitrogens with zero attached hydrogens (tertiary/aromatic N) is 1. The second-order valence-electron chi connectivity index (χ2n) is 7.62.